The molecule has 0 atom stereocenters. The van der Waals surface area contributed by atoms with Crippen LogP contribution in [0.3, 0.4) is 0 Å². The Kier molecular flexibility index (Phi) is 5.61. The van der Waals surface area contributed by atoms with Crippen LogP contribution in [0.2, 0.25) is 0 Å². The molecule has 0 radical (unpaired) electrons. The molecule has 3 rings (SSSR count). The van der Waals surface area contributed by atoms with E-state index >= 15 is 0 Å². The normalized spacial score (nSPS) is 11.8. The zero-order valence-electron chi connectivity index (χ0n) is 15.1. The van der Waals surface area contributed by atoms with Crippen molar-refractivity contribution < 1.29 is 17.9 Å². The van der Waals surface area contributed by atoms with Gasteiger partial charge in [0, 0.05) is 10.6 Å². The maximum Gasteiger partial charge on any atom is 0.338 e. The number of rotatable bonds is 7. The molecule has 2 aromatic heterocycles. The minimum Gasteiger partial charge on any atom is -0.349 e. The number of hydrogen-bond acceptors (Lipinski definition) is 7. The van der Waals surface area contributed by atoms with Crippen molar-refractivity contribution >= 4 is 44.9 Å². The largest absolute Gasteiger partial charge is 0.349 e. The number of aromatic nitrogens is 1. The number of benzene rings is 1. The average Bonchev–Trinajstić information content (AvgIpc) is 3.27. The van der Waals surface area contributed by atoms with Gasteiger partial charge in [0.15, 0.2) is 5.69 Å². The predicted molar refractivity (Wildman–Crippen MR) is 108 cm³/mol. The molecule has 0 saturated carbocycles. The molecule has 2 heterocycles. The van der Waals surface area contributed by atoms with Gasteiger partial charge in [0.25, 0.3) is 10.0 Å². The van der Waals surface area contributed by atoms with Crippen LogP contribution in [-0.2, 0) is 16.4 Å². The molecule has 1 aromatic carbocycles. The summed E-state index contributed by atoms with van der Waals surface area (Å²) < 4.78 is 32.7. The van der Waals surface area contributed by atoms with Crippen molar-refractivity contribution in [2.75, 3.05) is 4.72 Å². The summed E-state index contributed by atoms with van der Waals surface area (Å²) in [6, 6.07) is 10.3. The van der Waals surface area contributed by atoms with Crippen LogP contribution >= 0.6 is 11.3 Å². The second-order valence-electron chi connectivity index (χ2n) is 5.88. The number of aryl methyl sites for hydroxylation is 2. The second-order valence-corrected chi connectivity index (χ2v) is 8.91. The fourth-order valence-electron chi connectivity index (χ4n) is 2.45. The summed E-state index contributed by atoms with van der Waals surface area (Å²) in [5.74, 6) is 0.00875. The Morgan fingerprint density at radius 3 is 2.57 bits per heavy atom. The first kappa shape index (κ1) is 19.8. The minimum absolute atomic E-state index is 0.00875. The third-order valence-corrected chi connectivity index (χ3v) is 6.84. The summed E-state index contributed by atoms with van der Waals surface area (Å²) in [5, 5.41) is 14.6. The van der Waals surface area contributed by atoms with Crippen LogP contribution in [0.15, 0.2) is 45.1 Å². The van der Waals surface area contributed by atoms with Crippen molar-refractivity contribution in [1.82, 2.24) is 5.16 Å². The van der Waals surface area contributed by atoms with Gasteiger partial charge in [0.05, 0.1) is 4.92 Å². The quantitative estimate of drug-likeness (QED) is 0.446. The number of sulfonamides is 1. The van der Waals surface area contributed by atoms with Crippen LogP contribution in [-0.4, -0.2) is 18.5 Å². The Labute approximate surface area is 165 Å². The maximum atomic E-state index is 12.5. The summed E-state index contributed by atoms with van der Waals surface area (Å²) >= 11 is 1.04. The predicted octanol–water partition coefficient (Wildman–Crippen LogP) is 4.49. The molecule has 1 N–H and O–H groups in total. The number of nitrogens with zero attached hydrogens (tertiary/aromatic N) is 2. The van der Waals surface area contributed by atoms with Gasteiger partial charge in [0.1, 0.15) is 4.21 Å². The van der Waals surface area contributed by atoms with E-state index in [2.05, 4.69) is 9.88 Å². The average molecular weight is 419 g/mol. The van der Waals surface area contributed by atoms with Crippen LogP contribution in [0, 0.1) is 17.0 Å². The Morgan fingerprint density at radius 2 is 1.93 bits per heavy atom. The Morgan fingerprint density at radius 1 is 1.21 bits per heavy atom. The molecule has 0 fully saturated rings. The van der Waals surface area contributed by atoms with Gasteiger partial charge >= 0.3 is 5.69 Å². The van der Waals surface area contributed by atoms with E-state index in [0.717, 1.165) is 23.3 Å². The number of thiophene rings is 1. The molecule has 0 saturated heterocycles. The van der Waals surface area contributed by atoms with Crippen molar-refractivity contribution in [3.8, 4) is 0 Å². The Bertz CT molecular complexity index is 1130. The molecule has 3 aromatic rings. The molecular formula is C18H17N3O5S2. The van der Waals surface area contributed by atoms with Crippen LogP contribution in [0.25, 0.3) is 12.2 Å². The lowest BCUT2D eigenvalue weighted by molar-refractivity contribution is -0.386. The molecule has 0 aliphatic rings. The Hall–Kier alpha value is -2.98. The van der Waals surface area contributed by atoms with Gasteiger partial charge in [0.2, 0.25) is 5.76 Å². The van der Waals surface area contributed by atoms with Crippen molar-refractivity contribution in [2.24, 2.45) is 0 Å². The minimum atomic E-state index is -3.72. The molecule has 146 valence electrons. The van der Waals surface area contributed by atoms with E-state index in [-0.39, 0.29) is 21.4 Å². The van der Waals surface area contributed by atoms with Gasteiger partial charge in [-0.3, -0.25) is 14.8 Å². The highest BCUT2D eigenvalue weighted by Crippen LogP contribution is 2.28. The smallest absolute Gasteiger partial charge is 0.338 e. The maximum absolute atomic E-state index is 12.5. The SMILES string of the molecule is CCc1ccc(NS(=O)(=O)c2ccc(/C=C/c3onc(C)c3[N+](=O)[O-])s2)cc1. The fraction of sp³-hybridized carbons (Fsp3) is 0.167. The second kappa shape index (κ2) is 7.95. The summed E-state index contributed by atoms with van der Waals surface area (Å²) in [6.45, 7) is 3.50. The van der Waals surface area contributed by atoms with E-state index in [0.29, 0.717) is 10.6 Å². The van der Waals surface area contributed by atoms with E-state index in [9.17, 15) is 18.5 Å². The van der Waals surface area contributed by atoms with E-state index < -0.39 is 14.9 Å². The first-order valence-electron chi connectivity index (χ1n) is 8.30. The zero-order chi connectivity index (χ0) is 20.3. The van der Waals surface area contributed by atoms with E-state index in [1.54, 1.807) is 24.3 Å². The molecule has 8 nitrogen and oxygen atoms in total. The van der Waals surface area contributed by atoms with Crippen LogP contribution in [0.1, 0.15) is 28.8 Å². The van der Waals surface area contributed by atoms with Crippen molar-refractivity contribution in [3.05, 3.63) is 68.4 Å². The lowest BCUT2D eigenvalue weighted by Gasteiger charge is -2.06. The molecule has 0 bridgehead atoms. The number of nitro groups is 1. The third-order valence-electron chi connectivity index (χ3n) is 3.92. The highest BCUT2D eigenvalue weighted by molar-refractivity contribution is 7.94. The lowest BCUT2D eigenvalue weighted by Crippen LogP contribution is -2.11. The fourth-order valence-corrected chi connectivity index (χ4v) is 4.74. The first-order chi connectivity index (χ1) is 13.3. The molecule has 28 heavy (non-hydrogen) atoms. The van der Waals surface area contributed by atoms with Crippen molar-refractivity contribution in [2.45, 2.75) is 24.5 Å². The molecular weight excluding hydrogens is 402 g/mol. The van der Waals surface area contributed by atoms with Crippen LogP contribution in [0.5, 0.6) is 0 Å². The van der Waals surface area contributed by atoms with Gasteiger partial charge in [-0.1, -0.05) is 24.2 Å². The third kappa shape index (κ3) is 4.29. The number of hydrogen-bond donors (Lipinski definition) is 1. The molecule has 0 aliphatic heterocycles. The Balaban J connectivity index is 1.78. The summed E-state index contributed by atoms with van der Waals surface area (Å²) in [6.07, 6.45) is 3.82. The van der Waals surface area contributed by atoms with Gasteiger partial charge in [-0.05, 0) is 55.3 Å². The zero-order valence-corrected chi connectivity index (χ0v) is 16.7. The van der Waals surface area contributed by atoms with E-state index in [1.165, 1.54) is 19.1 Å². The van der Waals surface area contributed by atoms with Crippen molar-refractivity contribution in [1.29, 1.82) is 0 Å². The molecule has 0 aliphatic carbocycles. The van der Waals surface area contributed by atoms with E-state index in [4.69, 9.17) is 4.52 Å². The first-order valence-corrected chi connectivity index (χ1v) is 10.6. The van der Waals surface area contributed by atoms with Gasteiger partial charge in [-0.25, -0.2) is 8.42 Å². The van der Waals surface area contributed by atoms with E-state index in [1.807, 2.05) is 19.1 Å². The summed E-state index contributed by atoms with van der Waals surface area (Å²) in [5.41, 5.74) is 1.56. The molecule has 0 unspecified atom stereocenters. The monoisotopic (exact) mass is 419 g/mol. The van der Waals surface area contributed by atoms with Crippen LogP contribution < -0.4 is 4.72 Å². The molecule has 0 amide bonds. The van der Waals surface area contributed by atoms with Crippen molar-refractivity contribution in [3.63, 3.8) is 0 Å². The highest BCUT2D eigenvalue weighted by atomic mass is 32.2. The summed E-state index contributed by atoms with van der Waals surface area (Å²) in [7, 11) is -3.72. The lowest BCUT2D eigenvalue weighted by atomic mass is 10.2. The molecule has 10 heteroatoms. The standard InChI is InChI=1S/C18H17N3O5S2/c1-3-13-4-6-14(7-5-13)20-28(24,25)17-11-9-15(27-17)8-10-16-18(21(22)23)12(2)19-26-16/h4-11,20H,3H2,1-2H3/b10-8+. The van der Waals surface area contributed by atoms with Gasteiger partial charge < -0.3 is 4.52 Å². The highest BCUT2D eigenvalue weighted by Gasteiger charge is 2.22. The van der Waals surface area contributed by atoms with Gasteiger partial charge in [-0.15, -0.1) is 11.3 Å². The summed E-state index contributed by atoms with van der Waals surface area (Å²) in [4.78, 5) is 11.1. The van der Waals surface area contributed by atoms with Crippen LogP contribution in [0.4, 0.5) is 11.4 Å². The number of nitrogens with one attached hydrogen (secondary N) is 1. The molecule has 0 spiro atoms. The van der Waals surface area contributed by atoms with Gasteiger partial charge in [-0.2, -0.15) is 0 Å². The number of anilines is 1. The topological polar surface area (TPSA) is 115 Å².